The fourth-order valence-corrected chi connectivity index (χ4v) is 3.55. The molecule has 0 aliphatic rings. The third-order valence-electron chi connectivity index (χ3n) is 3.41. The second-order valence-electron chi connectivity index (χ2n) is 4.86. The molecule has 3 rings (SSSR count). The zero-order valence-electron chi connectivity index (χ0n) is 12.0. The Morgan fingerprint density at radius 1 is 1.27 bits per heavy atom. The van der Waals surface area contributed by atoms with E-state index in [4.69, 9.17) is 27.9 Å². The van der Waals surface area contributed by atoms with Crippen molar-refractivity contribution >= 4 is 45.4 Å². The summed E-state index contributed by atoms with van der Waals surface area (Å²) in [4.78, 5) is 4.27. The quantitative estimate of drug-likeness (QED) is 0.632. The van der Waals surface area contributed by atoms with Crippen molar-refractivity contribution in [1.29, 1.82) is 0 Å². The molecule has 2 N–H and O–H groups in total. The van der Waals surface area contributed by atoms with Crippen LogP contribution < -0.4 is 10.1 Å². The fourth-order valence-electron chi connectivity index (χ4n) is 2.35. The summed E-state index contributed by atoms with van der Waals surface area (Å²) in [6.45, 7) is 3.71. The summed E-state index contributed by atoms with van der Waals surface area (Å²) in [5.74, 6) is 0.738. The van der Waals surface area contributed by atoms with E-state index in [1.165, 1.54) is 4.88 Å². The predicted octanol–water partition coefficient (Wildman–Crippen LogP) is 5.27. The van der Waals surface area contributed by atoms with Crippen LogP contribution in [0.3, 0.4) is 0 Å². The molecule has 0 spiro atoms. The lowest BCUT2D eigenvalue weighted by atomic mass is 10.2. The lowest BCUT2D eigenvalue weighted by Gasteiger charge is -2.19. The van der Waals surface area contributed by atoms with E-state index in [1.807, 2.05) is 18.2 Å². The van der Waals surface area contributed by atoms with E-state index >= 15 is 0 Å². The zero-order valence-corrected chi connectivity index (χ0v) is 14.4. The van der Waals surface area contributed by atoms with E-state index in [1.54, 1.807) is 17.5 Å². The summed E-state index contributed by atoms with van der Waals surface area (Å²) in [5.41, 5.74) is 0.803. The zero-order chi connectivity index (χ0) is 15.5. The van der Waals surface area contributed by atoms with Gasteiger partial charge >= 0.3 is 0 Å². The highest BCUT2D eigenvalue weighted by Crippen LogP contribution is 2.38. The number of fused-ring (bicyclic) bond motifs is 1. The molecule has 0 radical (unpaired) electrons. The van der Waals surface area contributed by atoms with Gasteiger partial charge in [0.1, 0.15) is 11.9 Å². The minimum Gasteiger partial charge on any atom is -0.483 e. The number of benzene rings is 1. The van der Waals surface area contributed by atoms with Gasteiger partial charge in [-0.05, 0) is 30.1 Å². The van der Waals surface area contributed by atoms with Crippen molar-refractivity contribution in [2.24, 2.45) is 0 Å². The maximum atomic E-state index is 6.28. The van der Waals surface area contributed by atoms with Crippen LogP contribution in [0, 0.1) is 0 Å². The molecular weight excluding hydrogens is 339 g/mol. The number of H-pyrrole nitrogens is 1. The van der Waals surface area contributed by atoms with Crippen LogP contribution in [0.4, 0.5) is 0 Å². The molecular formula is C16H16Cl2N2OS. The molecule has 1 aromatic carbocycles. The summed E-state index contributed by atoms with van der Waals surface area (Å²) in [6.07, 6.45) is 1.67. The highest BCUT2D eigenvalue weighted by Gasteiger charge is 2.18. The molecule has 1 unspecified atom stereocenters. The van der Waals surface area contributed by atoms with Gasteiger partial charge in [-0.25, -0.2) is 0 Å². The Bertz CT molecular complexity index is 755. The van der Waals surface area contributed by atoms with Crippen LogP contribution in [-0.4, -0.2) is 18.1 Å². The van der Waals surface area contributed by atoms with Gasteiger partial charge in [-0.1, -0.05) is 36.2 Å². The van der Waals surface area contributed by atoms with Gasteiger partial charge in [0.25, 0.3) is 0 Å². The molecule has 2 heterocycles. The van der Waals surface area contributed by atoms with Crippen LogP contribution in [0.25, 0.3) is 10.9 Å². The maximum absolute atomic E-state index is 6.28. The normalized spacial score (nSPS) is 12.7. The minimum atomic E-state index is -0.0599. The van der Waals surface area contributed by atoms with Gasteiger partial charge in [-0.15, -0.1) is 11.3 Å². The molecule has 6 heteroatoms. The number of likely N-dealkylation sites (N-methyl/N-ethyl adjacent to an activating group) is 1. The Labute approximate surface area is 143 Å². The molecule has 0 saturated carbocycles. The first-order valence-electron chi connectivity index (χ1n) is 7.06. The highest BCUT2D eigenvalue weighted by atomic mass is 35.5. The van der Waals surface area contributed by atoms with Gasteiger partial charge < -0.3 is 15.0 Å². The number of nitrogens with one attached hydrogen (secondary N) is 2. The number of ether oxygens (including phenoxy) is 1. The van der Waals surface area contributed by atoms with Crippen molar-refractivity contribution in [2.75, 3.05) is 13.1 Å². The minimum absolute atomic E-state index is 0.0599. The Morgan fingerprint density at radius 2 is 2.14 bits per heavy atom. The average Bonchev–Trinajstić information content (AvgIpc) is 3.16. The van der Waals surface area contributed by atoms with Crippen molar-refractivity contribution in [1.82, 2.24) is 10.3 Å². The van der Waals surface area contributed by atoms with Crippen molar-refractivity contribution in [2.45, 2.75) is 13.0 Å². The largest absolute Gasteiger partial charge is 0.483 e. The molecule has 0 aliphatic heterocycles. The fraction of sp³-hybridized carbons (Fsp3) is 0.250. The number of rotatable bonds is 6. The molecule has 0 amide bonds. The second-order valence-corrected chi connectivity index (χ2v) is 6.66. The Kier molecular flexibility index (Phi) is 4.93. The Hall–Kier alpha value is -1.20. The van der Waals surface area contributed by atoms with E-state index in [0.717, 1.165) is 29.7 Å². The van der Waals surface area contributed by atoms with Crippen LogP contribution in [0.5, 0.6) is 5.75 Å². The molecule has 0 saturated heterocycles. The number of halogens is 2. The van der Waals surface area contributed by atoms with Gasteiger partial charge in [0.2, 0.25) is 0 Å². The molecule has 0 aliphatic carbocycles. The molecule has 116 valence electrons. The maximum Gasteiger partial charge on any atom is 0.145 e. The van der Waals surface area contributed by atoms with Gasteiger partial charge in [-0.3, -0.25) is 0 Å². The van der Waals surface area contributed by atoms with Crippen LogP contribution in [0.2, 0.25) is 10.0 Å². The number of aromatic amines is 1. The van der Waals surface area contributed by atoms with E-state index in [0.29, 0.717) is 10.0 Å². The summed E-state index contributed by atoms with van der Waals surface area (Å²) in [7, 11) is 0. The van der Waals surface area contributed by atoms with E-state index in [9.17, 15) is 0 Å². The predicted molar refractivity (Wildman–Crippen MR) is 94.6 cm³/mol. The third-order valence-corrected chi connectivity index (χ3v) is 4.99. The average molecular weight is 355 g/mol. The molecule has 3 aromatic rings. The first kappa shape index (κ1) is 15.7. The summed E-state index contributed by atoms with van der Waals surface area (Å²) < 4.78 is 6.25. The SMILES string of the molecule is CCNCC(Oc1ccc(Cl)c2[nH]cc(Cl)c12)c1cccs1. The van der Waals surface area contributed by atoms with E-state index < -0.39 is 0 Å². The Balaban J connectivity index is 1.96. The van der Waals surface area contributed by atoms with Crippen LogP contribution >= 0.6 is 34.5 Å². The lowest BCUT2D eigenvalue weighted by molar-refractivity contribution is 0.209. The van der Waals surface area contributed by atoms with Gasteiger partial charge in [0, 0.05) is 17.6 Å². The topological polar surface area (TPSA) is 37.0 Å². The first-order chi connectivity index (χ1) is 10.7. The molecule has 22 heavy (non-hydrogen) atoms. The number of thiophene rings is 1. The monoisotopic (exact) mass is 354 g/mol. The number of aromatic nitrogens is 1. The van der Waals surface area contributed by atoms with Crippen LogP contribution in [-0.2, 0) is 0 Å². The Morgan fingerprint density at radius 3 is 2.86 bits per heavy atom. The van der Waals surface area contributed by atoms with Crippen molar-refractivity contribution in [3.05, 3.63) is 50.8 Å². The molecule has 1 atom stereocenters. The van der Waals surface area contributed by atoms with Crippen LogP contribution in [0.1, 0.15) is 17.9 Å². The number of hydrogen-bond donors (Lipinski definition) is 2. The standard InChI is InChI=1S/C16H16Cl2N2OS/c1-2-19-9-13(14-4-3-7-22-14)21-12-6-5-10(17)16-15(12)11(18)8-20-16/h3-8,13,19-20H,2,9H2,1H3. The molecule has 0 bridgehead atoms. The van der Waals surface area contributed by atoms with E-state index in [2.05, 4.69) is 28.7 Å². The number of hydrogen-bond acceptors (Lipinski definition) is 3. The molecule has 2 aromatic heterocycles. The van der Waals surface area contributed by atoms with Crippen LogP contribution in [0.15, 0.2) is 35.8 Å². The second kappa shape index (κ2) is 6.92. The third kappa shape index (κ3) is 3.10. The van der Waals surface area contributed by atoms with Gasteiger partial charge in [0.15, 0.2) is 0 Å². The lowest BCUT2D eigenvalue weighted by Crippen LogP contribution is -2.24. The summed E-state index contributed by atoms with van der Waals surface area (Å²) in [5, 5.41) is 7.46. The first-order valence-corrected chi connectivity index (χ1v) is 8.70. The summed E-state index contributed by atoms with van der Waals surface area (Å²) >= 11 is 14.2. The van der Waals surface area contributed by atoms with Crippen molar-refractivity contribution < 1.29 is 4.74 Å². The van der Waals surface area contributed by atoms with Gasteiger partial charge in [-0.2, -0.15) is 0 Å². The van der Waals surface area contributed by atoms with Crippen molar-refractivity contribution in [3.63, 3.8) is 0 Å². The smallest absolute Gasteiger partial charge is 0.145 e. The van der Waals surface area contributed by atoms with Crippen molar-refractivity contribution in [3.8, 4) is 5.75 Å². The molecule has 0 fully saturated rings. The molecule has 3 nitrogen and oxygen atoms in total. The summed E-state index contributed by atoms with van der Waals surface area (Å²) in [6, 6.07) is 7.81. The highest BCUT2D eigenvalue weighted by molar-refractivity contribution is 7.10. The van der Waals surface area contributed by atoms with E-state index in [-0.39, 0.29) is 6.10 Å². The van der Waals surface area contributed by atoms with Gasteiger partial charge in [0.05, 0.1) is 20.9 Å².